The highest BCUT2D eigenvalue weighted by atomic mass is 16.6. The molecule has 0 aliphatic carbocycles. The molecular formula is C17H22N4O3. The van der Waals surface area contributed by atoms with Gasteiger partial charge in [-0.1, -0.05) is 35.5 Å². The van der Waals surface area contributed by atoms with Crippen molar-refractivity contribution in [3.63, 3.8) is 0 Å². The Balaban J connectivity index is 1.46. The van der Waals surface area contributed by atoms with Crippen molar-refractivity contribution in [2.24, 2.45) is 0 Å². The standard InChI is InChI=1S/C17H22N4O3/c1-2-23-17(22)21-12-10-20(11-13-21)9-8-15-18-16(19-24-15)14-6-4-3-5-7-14/h3-7H,2,8-13H2,1H3. The molecule has 1 aromatic carbocycles. The summed E-state index contributed by atoms with van der Waals surface area (Å²) in [6, 6.07) is 9.79. The van der Waals surface area contributed by atoms with E-state index in [9.17, 15) is 4.79 Å². The number of aromatic nitrogens is 2. The number of ether oxygens (including phenoxy) is 1. The van der Waals surface area contributed by atoms with Crippen molar-refractivity contribution >= 4 is 6.09 Å². The molecule has 1 aromatic heterocycles. The van der Waals surface area contributed by atoms with Gasteiger partial charge in [0.25, 0.3) is 0 Å². The first-order valence-electron chi connectivity index (χ1n) is 8.28. The number of benzene rings is 1. The quantitative estimate of drug-likeness (QED) is 0.835. The third kappa shape index (κ3) is 4.11. The van der Waals surface area contributed by atoms with Crippen LogP contribution in [0.2, 0.25) is 0 Å². The van der Waals surface area contributed by atoms with Crippen LogP contribution >= 0.6 is 0 Å². The second kappa shape index (κ2) is 7.92. The van der Waals surface area contributed by atoms with Gasteiger partial charge in [0.15, 0.2) is 0 Å². The third-order valence-electron chi connectivity index (χ3n) is 4.04. The molecule has 1 amide bonds. The molecule has 0 N–H and O–H groups in total. The first-order valence-corrected chi connectivity index (χ1v) is 8.28. The molecule has 7 heteroatoms. The molecular weight excluding hydrogens is 308 g/mol. The average molecular weight is 330 g/mol. The molecule has 1 fully saturated rings. The highest BCUT2D eigenvalue weighted by Crippen LogP contribution is 2.15. The van der Waals surface area contributed by atoms with Crippen molar-refractivity contribution in [2.75, 3.05) is 39.3 Å². The largest absolute Gasteiger partial charge is 0.450 e. The number of amides is 1. The van der Waals surface area contributed by atoms with Gasteiger partial charge < -0.3 is 14.2 Å². The lowest BCUT2D eigenvalue weighted by atomic mass is 10.2. The molecule has 1 aliphatic heterocycles. The Hall–Kier alpha value is -2.41. The molecule has 0 radical (unpaired) electrons. The summed E-state index contributed by atoms with van der Waals surface area (Å²) in [5.74, 6) is 1.26. The van der Waals surface area contributed by atoms with Crippen LogP contribution in [-0.4, -0.2) is 65.4 Å². The maximum Gasteiger partial charge on any atom is 0.409 e. The molecule has 0 unspecified atom stereocenters. The van der Waals surface area contributed by atoms with Gasteiger partial charge in [-0.25, -0.2) is 4.79 Å². The van der Waals surface area contributed by atoms with Crippen LogP contribution in [0, 0.1) is 0 Å². The zero-order chi connectivity index (χ0) is 16.8. The van der Waals surface area contributed by atoms with E-state index in [4.69, 9.17) is 9.26 Å². The Labute approximate surface area is 141 Å². The smallest absolute Gasteiger partial charge is 0.409 e. The predicted molar refractivity (Wildman–Crippen MR) is 88.5 cm³/mol. The number of nitrogens with zero attached hydrogens (tertiary/aromatic N) is 4. The molecule has 0 saturated carbocycles. The van der Waals surface area contributed by atoms with E-state index in [0.717, 1.165) is 25.2 Å². The van der Waals surface area contributed by atoms with Gasteiger partial charge in [0, 0.05) is 44.7 Å². The van der Waals surface area contributed by atoms with Crippen LogP contribution in [0.5, 0.6) is 0 Å². The molecule has 2 heterocycles. The fraction of sp³-hybridized carbons (Fsp3) is 0.471. The van der Waals surface area contributed by atoms with E-state index in [1.807, 2.05) is 37.3 Å². The van der Waals surface area contributed by atoms with Crippen LogP contribution in [0.15, 0.2) is 34.9 Å². The van der Waals surface area contributed by atoms with Gasteiger partial charge in [-0.05, 0) is 6.92 Å². The van der Waals surface area contributed by atoms with E-state index in [2.05, 4.69) is 15.0 Å². The van der Waals surface area contributed by atoms with Crippen LogP contribution in [-0.2, 0) is 11.2 Å². The minimum absolute atomic E-state index is 0.221. The fourth-order valence-electron chi connectivity index (χ4n) is 2.68. The topological polar surface area (TPSA) is 71.7 Å². The number of rotatable bonds is 5. The van der Waals surface area contributed by atoms with Gasteiger partial charge in [-0.2, -0.15) is 4.98 Å². The summed E-state index contributed by atoms with van der Waals surface area (Å²) in [7, 11) is 0. The number of carbonyl (C=O) groups excluding carboxylic acids is 1. The van der Waals surface area contributed by atoms with E-state index in [1.165, 1.54) is 0 Å². The van der Waals surface area contributed by atoms with Gasteiger partial charge >= 0.3 is 6.09 Å². The Morgan fingerprint density at radius 2 is 1.96 bits per heavy atom. The van der Waals surface area contributed by atoms with Gasteiger partial charge in [-0.15, -0.1) is 0 Å². The molecule has 1 saturated heterocycles. The molecule has 1 aliphatic rings. The lowest BCUT2D eigenvalue weighted by molar-refractivity contribution is 0.0794. The number of hydrogen-bond acceptors (Lipinski definition) is 6. The molecule has 2 aromatic rings. The van der Waals surface area contributed by atoms with Gasteiger partial charge in [0.05, 0.1) is 6.61 Å². The second-order valence-corrected chi connectivity index (χ2v) is 5.66. The second-order valence-electron chi connectivity index (χ2n) is 5.66. The first kappa shape index (κ1) is 16.4. The van der Waals surface area contributed by atoms with Gasteiger partial charge in [0.2, 0.25) is 11.7 Å². The van der Waals surface area contributed by atoms with E-state index in [1.54, 1.807) is 4.90 Å². The Morgan fingerprint density at radius 1 is 1.21 bits per heavy atom. The van der Waals surface area contributed by atoms with Crippen molar-refractivity contribution < 1.29 is 14.1 Å². The van der Waals surface area contributed by atoms with Crippen molar-refractivity contribution in [3.8, 4) is 11.4 Å². The van der Waals surface area contributed by atoms with E-state index >= 15 is 0 Å². The Bertz CT molecular complexity index is 651. The van der Waals surface area contributed by atoms with Crippen molar-refractivity contribution in [1.29, 1.82) is 0 Å². The fourth-order valence-corrected chi connectivity index (χ4v) is 2.68. The lowest BCUT2D eigenvalue weighted by Crippen LogP contribution is -2.49. The van der Waals surface area contributed by atoms with E-state index in [-0.39, 0.29) is 6.09 Å². The summed E-state index contributed by atoms with van der Waals surface area (Å²) >= 11 is 0. The summed E-state index contributed by atoms with van der Waals surface area (Å²) < 4.78 is 10.4. The maximum atomic E-state index is 11.7. The zero-order valence-corrected chi connectivity index (χ0v) is 13.9. The van der Waals surface area contributed by atoms with Crippen molar-refractivity contribution in [2.45, 2.75) is 13.3 Å². The maximum absolute atomic E-state index is 11.7. The molecule has 0 spiro atoms. The Kier molecular flexibility index (Phi) is 5.43. The SMILES string of the molecule is CCOC(=O)N1CCN(CCc2nc(-c3ccccc3)no2)CC1. The number of hydrogen-bond donors (Lipinski definition) is 0. The highest BCUT2D eigenvalue weighted by Gasteiger charge is 2.22. The Morgan fingerprint density at radius 3 is 2.67 bits per heavy atom. The van der Waals surface area contributed by atoms with Gasteiger partial charge in [-0.3, -0.25) is 4.90 Å². The van der Waals surface area contributed by atoms with E-state index < -0.39 is 0 Å². The van der Waals surface area contributed by atoms with Crippen molar-refractivity contribution in [1.82, 2.24) is 19.9 Å². The summed E-state index contributed by atoms with van der Waals surface area (Å²) in [6.45, 7) is 6.13. The van der Waals surface area contributed by atoms with Crippen LogP contribution < -0.4 is 0 Å². The van der Waals surface area contributed by atoms with Crippen LogP contribution in [0.4, 0.5) is 4.79 Å². The van der Waals surface area contributed by atoms with E-state index in [0.29, 0.717) is 37.8 Å². The minimum atomic E-state index is -0.221. The van der Waals surface area contributed by atoms with Crippen LogP contribution in [0.1, 0.15) is 12.8 Å². The lowest BCUT2D eigenvalue weighted by Gasteiger charge is -2.33. The molecule has 128 valence electrons. The minimum Gasteiger partial charge on any atom is -0.450 e. The number of carbonyl (C=O) groups is 1. The third-order valence-corrected chi connectivity index (χ3v) is 4.04. The molecule has 0 atom stereocenters. The van der Waals surface area contributed by atoms with Crippen LogP contribution in [0.25, 0.3) is 11.4 Å². The first-order chi connectivity index (χ1) is 11.8. The molecule has 24 heavy (non-hydrogen) atoms. The van der Waals surface area contributed by atoms with Crippen molar-refractivity contribution in [3.05, 3.63) is 36.2 Å². The summed E-state index contributed by atoms with van der Waals surface area (Å²) in [5.41, 5.74) is 0.954. The average Bonchev–Trinajstić information content (AvgIpc) is 3.10. The normalized spacial score (nSPS) is 15.5. The highest BCUT2D eigenvalue weighted by molar-refractivity contribution is 5.67. The van der Waals surface area contributed by atoms with Crippen LogP contribution in [0.3, 0.4) is 0 Å². The molecule has 7 nitrogen and oxygen atoms in total. The van der Waals surface area contributed by atoms with Gasteiger partial charge in [0.1, 0.15) is 0 Å². The summed E-state index contributed by atoms with van der Waals surface area (Å²) in [5, 5.41) is 4.03. The zero-order valence-electron chi connectivity index (χ0n) is 13.9. The predicted octanol–water partition coefficient (Wildman–Crippen LogP) is 2.05. The number of piperazine rings is 1. The molecule has 3 rings (SSSR count). The molecule has 0 bridgehead atoms. The summed E-state index contributed by atoms with van der Waals surface area (Å²) in [4.78, 5) is 20.2. The summed E-state index contributed by atoms with van der Waals surface area (Å²) in [6.07, 6.45) is 0.487. The monoisotopic (exact) mass is 330 g/mol.